The smallest absolute Gasteiger partial charge is 0.231 e. The minimum atomic E-state index is -0.0511. The van der Waals surface area contributed by atoms with Crippen molar-refractivity contribution in [3.63, 3.8) is 0 Å². The Kier molecular flexibility index (Phi) is 2.57. The predicted molar refractivity (Wildman–Crippen MR) is 76.9 cm³/mol. The quantitative estimate of drug-likeness (QED) is 0.843. The highest BCUT2D eigenvalue weighted by Gasteiger charge is 2.29. The van der Waals surface area contributed by atoms with Gasteiger partial charge < -0.3 is 29.2 Å². The average Bonchev–Trinajstić information content (AvgIpc) is 3.10. The van der Waals surface area contributed by atoms with Crippen molar-refractivity contribution in [2.45, 2.75) is 13.8 Å². The number of aryl methyl sites for hydroxylation is 2. The van der Waals surface area contributed by atoms with Gasteiger partial charge in [0.1, 0.15) is 0 Å². The van der Waals surface area contributed by atoms with Crippen LogP contribution in [0, 0.1) is 13.8 Å². The molecule has 22 heavy (non-hydrogen) atoms. The van der Waals surface area contributed by atoms with Gasteiger partial charge in [0.15, 0.2) is 23.0 Å². The number of rotatable bonds is 1. The molecule has 0 amide bonds. The molecule has 0 fully saturated rings. The molecule has 2 aliphatic rings. The number of fused-ring (bicyclic) bond motifs is 2. The van der Waals surface area contributed by atoms with Gasteiger partial charge in [-0.15, -0.1) is 0 Å². The van der Waals surface area contributed by atoms with E-state index in [1.165, 1.54) is 0 Å². The third kappa shape index (κ3) is 1.60. The van der Waals surface area contributed by atoms with Gasteiger partial charge in [-0.3, -0.25) is 0 Å². The first kappa shape index (κ1) is 12.9. The first-order chi connectivity index (χ1) is 10.6. The Morgan fingerprint density at radius 3 is 1.55 bits per heavy atom. The van der Waals surface area contributed by atoms with Gasteiger partial charge in [0.05, 0.1) is 0 Å². The van der Waals surface area contributed by atoms with Crippen LogP contribution in [0.1, 0.15) is 11.1 Å². The maximum atomic E-state index is 10.6. The Labute approximate surface area is 126 Å². The molecular formula is C16H14O6. The zero-order valence-corrected chi connectivity index (χ0v) is 12.1. The number of phenols is 2. The van der Waals surface area contributed by atoms with E-state index in [-0.39, 0.29) is 36.6 Å². The Hall–Kier alpha value is -2.76. The summed E-state index contributed by atoms with van der Waals surface area (Å²) in [4.78, 5) is 0. The van der Waals surface area contributed by atoms with E-state index in [1.54, 1.807) is 12.1 Å². The van der Waals surface area contributed by atoms with E-state index in [2.05, 4.69) is 0 Å². The zero-order chi connectivity index (χ0) is 15.4. The molecule has 0 aliphatic carbocycles. The number of hydrogen-bond acceptors (Lipinski definition) is 6. The number of ether oxygens (including phenoxy) is 4. The lowest BCUT2D eigenvalue weighted by molar-refractivity contribution is 0.171. The molecule has 2 heterocycles. The highest BCUT2D eigenvalue weighted by molar-refractivity contribution is 5.87. The van der Waals surface area contributed by atoms with Crippen molar-refractivity contribution in [3.05, 3.63) is 23.3 Å². The minimum absolute atomic E-state index is 0.0511. The van der Waals surface area contributed by atoms with Gasteiger partial charge in [0, 0.05) is 11.1 Å². The Bertz CT molecular complexity index is 729. The maximum Gasteiger partial charge on any atom is 0.231 e. The monoisotopic (exact) mass is 302 g/mol. The molecule has 2 aromatic carbocycles. The van der Waals surface area contributed by atoms with E-state index in [0.29, 0.717) is 22.6 Å². The van der Waals surface area contributed by atoms with Gasteiger partial charge in [0.2, 0.25) is 25.1 Å². The normalized spacial score (nSPS) is 14.5. The molecule has 2 N–H and O–H groups in total. The molecule has 114 valence electrons. The standard InChI is InChI=1S/C16H14O6/c1-7-3-9-15(21-5-19-9)13(17)11(7)12-8(2)4-10-16(14(12)18)22-6-20-10/h3-4,17-18H,5-6H2,1-2H3. The van der Waals surface area contributed by atoms with Gasteiger partial charge in [-0.2, -0.15) is 0 Å². The molecule has 0 unspecified atom stereocenters. The first-order valence-corrected chi connectivity index (χ1v) is 6.82. The highest BCUT2D eigenvalue weighted by Crippen LogP contribution is 2.54. The van der Waals surface area contributed by atoms with Gasteiger partial charge in [-0.1, -0.05) is 0 Å². The van der Waals surface area contributed by atoms with E-state index < -0.39 is 0 Å². The predicted octanol–water partition coefficient (Wildman–Crippen LogP) is 2.84. The van der Waals surface area contributed by atoms with Gasteiger partial charge in [0.25, 0.3) is 0 Å². The Morgan fingerprint density at radius 1 is 0.727 bits per heavy atom. The van der Waals surface area contributed by atoms with Crippen LogP contribution in [-0.4, -0.2) is 23.8 Å². The largest absolute Gasteiger partial charge is 0.504 e. The molecule has 0 bridgehead atoms. The molecule has 0 spiro atoms. The molecule has 6 heteroatoms. The van der Waals surface area contributed by atoms with Gasteiger partial charge >= 0.3 is 0 Å². The van der Waals surface area contributed by atoms with Crippen molar-refractivity contribution >= 4 is 0 Å². The van der Waals surface area contributed by atoms with Crippen molar-refractivity contribution in [1.29, 1.82) is 0 Å². The SMILES string of the molecule is Cc1cc2c(c(O)c1-c1c(C)cc3c(c1O)OCO3)OCO2. The molecule has 0 saturated carbocycles. The summed E-state index contributed by atoms with van der Waals surface area (Å²) in [5.41, 5.74) is 2.52. The van der Waals surface area contributed by atoms with Crippen LogP contribution in [-0.2, 0) is 0 Å². The Balaban J connectivity index is 2.01. The van der Waals surface area contributed by atoms with E-state index in [1.807, 2.05) is 13.8 Å². The zero-order valence-electron chi connectivity index (χ0n) is 12.1. The van der Waals surface area contributed by atoms with Crippen LogP contribution in [0.4, 0.5) is 0 Å². The van der Waals surface area contributed by atoms with E-state index in [9.17, 15) is 10.2 Å². The van der Waals surface area contributed by atoms with Crippen molar-refractivity contribution in [2.75, 3.05) is 13.6 Å². The summed E-state index contributed by atoms with van der Waals surface area (Å²) in [6, 6.07) is 3.56. The fourth-order valence-electron chi connectivity index (χ4n) is 2.93. The average molecular weight is 302 g/mol. The van der Waals surface area contributed by atoms with Crippen molar-refractivity contribution in [3.8, 4) is 45.6 Å². The third-order valence-electron chi connectivity index (χ3n) is 3.92. The summed E-state index contributed by atoms with van der Waals surface area (Å²) >= 11 is 0. The van der Waals surface area contributed by atoms with Crippen LogP contribution >= 0.6 is 0 Å². The minimum Gasteiger partial charge on any atom is -0.504 e. The summed E-state index contributed by atoms with van der Waals surface area (Å²) < 4.78 is 21.2. The van der Waals surface area contributed by atoms with E-state index in [4.69, 9.17) is 18.9 Å². The highest BCUT2D eigenvalue weighted by atomic mass is 16.7. The van der Waals surface area contributed by atoms with Crippen LogP contribution in [0.3, 0.4) is 0 Å². The van der Waals surface area contributed by atoms with Crippen LogP contribution in [0.25, 0.3) is 11.1 Å². The molecule has 0 aromatic heterocycles. The number of hydrogen-bond donors (Lipinski definition) is 2. The molecule has 4 rings (SSSR count). The molecular weight excluding hydrogens is 288 g/mol. The number of phenolic OH excluding ortho intramolecular Hbond substituents is 2. The van der Waals surface area contributed by atoms with E-state index >= 15 is 0 Å². The lowest BCUT2D eigenvalue weighted by Gasteiger charge is -2.16. The third-order valence-corrected chi connectivity index (χ3v) is 3.92. The summed E-state index contributed by atoms with van der Waals surface area (Å²) in [5, 5.41) is 21.1. The van der Waals surface area contributed by atoms with Gasteiger partial charge in [-0.25, -0.2) is 0 Å². The second-order valence-corrected chi connectivity index (χ2v) is 5.30. The molecule has 6 nitrogen and oxygen atoms in total. The fourth-order valence-corrected chi connectivity index (χ4v) is 2.93. The van der Waals surface area contributed by atoms with Crippen molar-refractivity contribution in [2.24, 2.45) is 0 Å². The summed E-state index contributed by atoms with van der Waals surface area (Å²) in [5.74, 6) is 1.47. The molecule has 0 atom stereocenters. The summed E-state index contributed by atoms with van der Waals surface area (Å²) in [6.07, 6.45) is 0. The van der Waals surface area contributed by atoms with Crippen molar-refractivity contribution in [1.82, 2.24) is 0 Å². The van der Waals surface area contributed by atoms with Crippen molar-refractivity contribution < 1.29 is 29.2 Å². The summed E-state index contributed by atoms with van der Waals surface area (Å²) in [6.45, 7) is 3.80. The second kappa shape index (κ2) is 4.37. The lowest BCUT2D eigenvalue weighted by Crippen LogP contribution is -1.93. The van der Waals surface area contributed by atoms with Crippen LogP contribution in [0.5, 0.6) is 34.5 Å². The van der Waals surface area contributed by atoms with E-state index in [0.717, 1.165) is 11.1 Å². The lowest BCUT2D eigenvalue weighted by atomic mass is 9.93. The second-order valence-electron chi connectivity index (χ2n) is 5.30. The molecule has 0 radical (unpaired) electrons. The first-order valence-electron chi connectivity index (χ1n) is 6.82. The van der Waals surface area contributed by atoms with Crippen LogP contribution in [0.2, 0.25) is 0 Å². The van der Waals surface area contributed by atoms with Gasteiger partial charge in [-0.05, 0) is 37.1 Å². The fraction of sp³-hybridized carbons (Fsp3) is 0.250. The van der Waals surface area contributed by atoms with Crippen LogP contribution in [0.15, 0.2) is 12.1 Å². The topological polar surface area (TPSA) is 77.4 Å². The summed E-state index contributed by atoms with van der Waals surface area (Å²) in [7, 11) is 0. The molecule has 2 aromatic rings. The molecule has 2 aliphatic heterocycles. The number of benzene rings is 2. The molecule has 0 saturated heterocycles. The Morgan fingerprint density at radius 2 is 1.14 bits per heavy atom. The van der Waals surface area contributed by atoms with Crippen LogP contribution < -0.4 is 18.9 Å². The number of aromatic hydroxyl groups is 2. The maximum absolute atomic E-state index is 10.6.